The maximum atomic E-state index is 12.5. The van der Waals surface area contributed by atoms with Crippen LogP contribution in [0.15, 0.2) is 101 Å². The molecule has 3 aromatic carbocycles. The third-order valence-corrected chi connectivity index (χ3v) is 6.89. The molecule has 0 unspecified atom stereocenters. The summed E-state index contributed by atoms with van der Waals surface area (Å²) >= 11 is 1.31. The first kappa shape index (κ1) is 26.9. The minimum absolute atomic E-state index is 0.135. The van der Waals surface area contributed by atoms with Crippen LogP contribution in [0.4, 0.5) is 0 Å². The van der Waals surface area contributed by atoms with Crippen molar-refractivity contribution in [2.75, 3.05) is 20.0 Å². The maximum absolute atomic E-state index is 12.5. The number of ether oxygens (including phenoxy) is 3. The Balaban J connectivity index is 1.38. The Bertz CT molecular complexity index is 1540. The number of methoxy groups -OCH3 is 2. The molecule has 5 rings (SSSR count). The van der Waals surface area contributed by atoms with E-state index in [4.69, 9.17) is 18.6 Å². The van der Waals surface area contributed by atoms with Crippen LogP contribution in [0.3, 0.4) is 0 Å². The van der Waals surface area contributed by atoms with Crippen LogP contribution in [0.2, 0.25) is 0 Å². The fraction of sp³-hybridized carbons (Fsp3) is 0.167. The van der Waals surface area contributed by atoms with Gasteiger partial charge in [-0.1, -0.05) is 36.0 Å². The molecule has 9 nitrogen and oxygen atoms in total. The van der Waals surface area contributed by atoms with Crippen LogP contribution >= 0.6 is 11.8 Å². The molecule has 1 N–H and O–H groups in total. The minimum atomic E-state index is -0.135. The Hall–Kier alpha value is -4.70. The zero-order chi connectivity index (χ0) is 27.7. The highest BCUT2D eigenvalue weighted by molar-refractivity contribution is 7.99. The number of carbonyl (C=O) groups is 1. The van der Waals surface area contributed by atoms with E-state index in [1.807, 2.05) is 83.4 Å². The quantitative estimate of drug-likeness (QED) is 0.196. The number of nitrogens with zero attached hydrogens (tertiary/aromatic N) is 3. The van der Waals surface area contributed by atoms with Gasteiger partial charge in [-0.3, -0.25) is 9.36 Å². The van der Waals surface area contributed by atoms with Gasteiger partial charge in [-0.15, -0.1) is 10.2 Å². The molecule has 0 radical (unpaired) electrons. The first-order valence-electron chi connectivity index (χ1n) is 12.5. The summed E-state index contributed by atoms with van der Waals surface area (Å²) in [6.45, 7) is 0.326. The molecule has 204 valence electrons. The van der Waals surface area contributed by atoms with E-state index >= 15 is 0 Å². The molecule has 1 amide bonds. The lowest BCUT2D eigenvalue weighted by molar-refractivity contribution is -0.118. The molecule has 0 saturated carbocycles. The number of para-hydroxylation sites is 1. The third kappa shape index (κ3) is 6.65. The molecule has 0 aliphatic rings. The van der Waals surface area contributed by atoms with Gasteiger partial charge in [0.15, 0.2) is 16.7 Å². The highest BCUT2D eigenvalue weighted by Crippen LogP contribution is 2.30. The van der Waals surface area contributed by atoms with Crippen LogP contribution in [-0.2, 0) is 17.8 Å². The Morgan fingerprint density at radius 2 is 1.68 bits per heavy atom. The summed E-state index contributed by atoms with van der Waals surface area (Å²) in [5.74, 6) is 4.18. The number of amides is 1. The first-order valence-corrected chi connectivity index (χ1v) is 13.5. The van der Waals surface area contributed by atoms with Crippen molar-refractivity contribution < 1.29 is 23.4 Å². The molecule has 0 bridgehead atoms. The predicted octanol–water partition coefficient (Wildman–Crippen LogP) is 5.67. The van der Waals surface area contributed by atoms with Crippen molar-refractivity contribution in [3.63, 3.8) is 0 Å². The molecule has 5 aromatic rings. The van der Waals surface area contributed by atoms with Crippen LogP contribution < -0.4 is 19.5 Å². The zero-order valence-electron chi connectivity index (χ0n) is 22.1. The summed E-state index contributed by atoms with van der Waals surface area (Å²) in [5, 5.41) is 12.4. The van der Waals surface area contributed by atoms with Gasteiger partial charge in [0.1, 0.15) is 23.1 Å². The van der Waals surface area contributed by atoms with E-state index in [1.54, 1.807) is 26.5 Å². The zero-order valence-corrected chi connectivity index (χ0v) is 22.9. The highest BCUT2D eigenvalue weighted by Gasteiger charge is 2.18. The average molecular weight is 557 g/mol. The van der Waals surface area contributed by atoms with E-state index in [-0.39, 0.29) is 11.7 Å². The van der Waals surface area contributed by atoms with Crippen molar-refractivity contribution in [2.45, 2.75) is 18.1 Å². The molecule has 40 heavy (non-hydrogen) atoms. The molecule has 0 fully saturated rings. The predicted molar refractivity (Wildman–Crippen MR) is 152 cm³/mol. The van der Waals surface area contributed by atoms with Crippen LogP contribution in [0, 0.1) is 0 Å². The molecule has 10 heteroatoms. The van der Waals surface area contributed by atoms with Crippen LogP contribution in [0.5, 0.6) is 23.0 Å². The van der Waals surface area contributed by atoms with Gasteiger partial charge in [-0.2, -0.15) is 0 Å². The maximum Gasteiger partial charge on any atom is 0.230 e. The summed E-state index contributed by atoms with van der Waals surface area (Å²) < 4.78 is 24.0. The topological polar surface area (TPSA) is 101 Å². The van der Waals surface area contributed by atoms with Crippen molar-refractivity contribution in [2.24, 2.45) is 0 Å². The molecule has 0 aliphatic heterocycles. The second kappa shape index (κ2) is 12.9. The normalized spacial score (nSPS) is 10.8. The summed E-state index contributed by atoms with van der Waals surface area (Å²) in [6.07, 6.45) is 2.07. The standard InChI is InChI=1S/C30H28N4O5S/c1-36-26-15-10-21(17-27(26)37-2)18-28-32-33-30(40-20-29(35)31-19-25-9-6-16-38-25)34(28)22-11-13-24(14-12-22)39-23-7-4-3-5-8-23/h3-17H,18-20H2,1-2H3,(H,31,35). The van der Waals surface area contributed by atoms with E-state index in [1.165, 1.54) is 11.8 Å². The van der Waals surface area contributed by atoms with Crippen molar-refractivity contribution in [3.05, 3.63) is 108 Å². The Morgan fingerprint density at radius 3 is 2.40 bits per heavy atom. The molecule has 2 aromatic heterocycles. The van der Waals surface area contributed by atoms with E-state index < -0.39 is 0 Å². The molecular formula is C30H28N4O5S. The van der Waals surface area contributed by atoms with Gasteiger partial charge in [0, 0.05) is 12.1 Å². The summed E-state index contributed by atoms with van der Waals surface area (Å²) in [4.78, 5) is 12.5. The van der Waals surface area contributed by atoms with Gasteiger partial charge in [-0.25, -0.2) is 0 Å². The molecule has 0 saturated heterocycles. The van der Waals surface area contributed by atoms with Gasteiger partial charge in [0.05, 0.1) is 32.8 Å². The second-order valence-electron chi connectivity index (χ2n) is 8.65. The lowest BCUT2D eigenvalue weighted by atomic mass is 10.1. The van der Waals surface area contributed by atoms with Gasteiger partial charge >= 0.3 is 0 Å². The lowest BCUT2D eigenvalue weighted by Gasteiger charge is -2.13. The third-order valence-electron chi connectivity index (χ3n) is 5.96. The molecular weight excluding hydrogens is 528 g/mol. The monoisotopic (exact) mass is 556 g/mol. The SMILES string of the molecule is COc1ccc(Cc2nnc(SCC(=O)NCc3ccco3)n2-c2ccc(Oc3ccccc3)cc2)cc1OC. The Kier molecular flexibility index (Phi) is 8.67. The lowest BCUT2D eigenvalue weighted by Crippen LogP contribution is -2.24. The van der Waals surface area contributed by atoms with Crippen LogP contribution in [0.1, 0.15) is 17.1 Å². The van der Waals surface area contributed by atoms with Gasteiger partial charge in [0.2, 0.25) is 5.91 Å². The second-order valence-corrected chi connectivity index (χ2v) is 9.60. The summed E-state index contributed by atoms with van der Waals surface area (Å²) in [7, 11) is 3.21. The first-order chi connectivity index (χ1) is 19.6. The number of aromatic nitrogens is 3. The number of hydrogen-bond acceptors (Lipinski definition) is 8. The van der Waals surface area contributed by atoms with Crippen molar-refractivity contribution in [1.82, 2.24) is 20.1 Å². The van der Waals surface area contributed by atoms with Crippen LogP contribution in [0.25, 0.3) is 5.69 Å². The molecule has 2 heterocycles. The number of thioether (sulfide) groups is 1. The fourth-order valence-electron chi connectivity index (χ4n) is 4.01. The van der Waals surface area contributed by atoms with Gasteiger partial charge in [-0.05, 0) is 66.2 Å². The van der Waals surface area contributed by atoms with E-state index in [2.05, 4.69) is 15.5 Å². The summed E-state index contributed by atoms with van der Waals surface area (Å²) in [5.41, 5.74) is 1.82. The highest BCUT2D eigenvalue weighted by atomic mass is 32.2. The number of furan rings is 1. The van der Waals surface area contributed by atoms with Crippen molar-refractivity contribution in [1.29, 1.82) is 0 Å². The van der Waals surface area contributed by atoms with E-state index in [0.717, 1.165) is 17.0 Å². The molecule has 0 spiro atoms. The number of rotatable bonds is 12. The van der Waals surface area contributed by atoms with Crippen LogP contribution in [-0.4, -0.2) is 40.6 Å². The number of nitrogens with one attached hydrogen (secondary N) is 1. The largest absolute Gasteiger partial charge is 0.493 e. The smallest absolute Gasteiger partial charge is 0.230 e. The molecule has 0 atom stereocenters. The van der Waals surface area contributed by atoms with Gasteiger partial charge < -0.3 is 23.9 Å². The van der Waals surface area contributed by atoms with E-state index in [9.17, 15) is 4.79 Å². The van der Waals surface area contributed by atoms with Crippen molar-refractivity contribution in [3.8, 4) is 28.7 Å². The average Bonchev–Trinajstić information content (AvgIpc) is 3.66. The van der Waals surface area contributed by atoms with Gasteiger partial charge in [0.25, 0.3) is 0 Å². The minimum Gasteiger partial charge on any atom is -0.493 e. The van der Waals surface area contributed by atoms with E-state index in [0.29, 0.717) is 47.0 Å². The molecule has 0 aliphatic carbocycles. The summed E-state index contributed by atoms with van der Waals surface area (Å²) in [6, 6.07) is 26.6. The number of carbonyl (C=O) groups excluding carboxylic acids is 1. The number of benzene rings is 3. The number of hydrogen-bond donors (Lipinski definition) is 1. The van der Waals surface area contributed by atoms with Crippen molar-refractivity contribution >= 4 is 17.7 Å². The Labute approximate surface area is 236 Å². The fourth-order valence-corrected chi connectivity index (χ4v) is 4.81. The Morgan fingerprint density at radius 1 is 0.900 bits per heavy atom.